The molecule has 2 aliphatic rings. The topological polar surface area (TPSA) is 106 Å². The molecule has 1 aliphatic carbocycles. The van der Waals surface area contributed by atoms with Gasteiger partial charge in [-0.3, -0.25) is 14.9 Å². The van der Waals surface area contributed by atoms with Crippen LogP contribution in [0.15, 0.2) is 24.4 Å². The molecule has 2 heterocycles. The summed E-state index contributed by atoms with van der Waals surface area (Å²) in [6, 6.07) is 3.85. The third-order valence-corrected chi connectivity index (χ3v) is 5.90. The van der Waals surface area contributed by atoms with Gasteiger partial charge in [-0.2, -0.15) is 0 Å². The number of esters is 1. The van der Waals surface area contributed by atoms with Crippen molar-refractivity contribution < 1.29 is 19.2 Å². The number of likely N-dealkylation sites (tertiary alicyclic amines) is 1. The lowest BCUT2D eigenvalue weighted by atomic mass is 9.84. The molecule has 8 nitrogen and oxygen atoms in total. The van der Waals surface area contributed by atoms with E-state index in [-0.39, 0.29) is 23.6 Å². The van der Waals surface area contributed by atoms with Crippen molar-refractivity contribution in [3.8, 4) is 0 Å². The second-order valence-corrected chi connectivity index (χ2v) is 7.29. The molecule has 27 heavy (non-hydrogen) atoms. The van der Waals surface area contributed by atoms with Gasteiger partial charge in [-0.25, -0.2) is 4.79 Å². The first-order chi connectivity index (χ1) is 13.0. The summed E-state index contributed by atoms with van der Waals surface area (Å²) in [7, 11) is 1.35. The van der Waals surface area contributed by atoms with Crippen molar-refractivity contribution >= 4 is 28.5 Å². The van der Waals surface area contributed by atoms with Crippen LogP contribution in [0.3, 0.4) is 0 Å². The van der Waals surface area contributed by atoms with Gasteiger partial charge in [0.05, 0.1) is 23.1 Å². The molecule has 1 N–H and O–H groups in total. The molecular formula is C19H21N3O5. The Kier molecular flexibility index (Phi) is 4.33. The standard InChI is InChI=1S/C19H21N3O5/c1-27-19(24)17-8-11-4-2-3-5-16(11)21(17)18(23)14-10-20-15-9-12(22(25)26)6-7-13(14)15/h6-7,9-11,16-17,20H,2-5,8H2,1H3/t11-,16+,17+/m1/s1. The van der Waals surface area contributed by atoms with Crippen LogP contribution in [0.4, 0.5) is 5.69 Å². The fraction of sp³-hybridized carbons (Fsp3) is 0.474. The number of carbonyl (C=O) groups is 2. The Hall–Kier alpha value is -2.90. The van der Waals surface area contributed by atoms with Gasteiger partial charge < -0.3 is 14.6 Å². The third-order valence-electron chi connectivity index (χ3n) is 5.90. The number of nitrogens with one attached hydrogen (secondary N) is 1. The van der Waals surface area contributed by atoms with Crippen LogP contribution in [0, 0.1) is 16.0 Å². The van der Waals surface area contributed by atoms with Crippen molar-refractivity contribution in [2.24, 2.45) is 5.92 Å². The fourth-order valence-electron chi connectivity index (χ4n) is 4.64. The molecule has 1 aromatic heterocycles. The Morgan fingerprint density at radius 3 is 2.81 bits per heavy atom. The number of ether oxygens (including phenoxy) is 1. The van der Waals surface area contributed by atoms with E-state index in [4.69, 9.17) is 4.74 Å². The molecule has 3 atom stereocenters. The van der Waals surface area contributed by atoms with Gasteiger partial charge in [-0.15, -0.1) is 0 Å². The molecule has 0 bridgehead atoms. The minimum atomic E-state index is -0.571. The average molecular weight is 371 g/mol. The number of benzene rings is 1. The molecule has 1 aromatic carbocycles. The van der Waals surface area contributed by atoms with E-state index in [1.807, 2.05) is 0 Å². The van der Waals surface area contributed by atoms with Gasteiger partial charge in [0.15, 0.2) is 0 Å². The van der Waals surface area contributed by atoms with E-state index < -0.39 is 11.0 Å². The summed E-state index contributed by atoms with van der Waals surface area (Å²) in [4.78, 5) is 40.9. The number of carbonyl (C=O) groups excluding carboxylic acids is 2. The summed E-state index contributed by atoms with van der Waals surface area (Å²) in [5, 5.41) is 11.6. The molecule has 2 fully saturated rings. The number of nitro groups is 1. The predicted molar refractivity (Wildman–Crippen MR) is 97.3 cm³/mol. The smallest absolute Gasteiger partial charge is 0.328 e. The Morgan fingerprint density at radius 1 is 1.30 bits per heavy atom. The second kappa shape index (κ2) is 6.68. The van der Waals surface area contributed by atoms with Gasteiger partial charge >= 0.3 is 5.97 Å². The zero-order chi connectivity index (χ0) is 19.1. The summed E-state index contributed by atoms with van der Waals surface area (Å²) < 4.78 is 4.95. The fourth-order valence-corrected chi connectivity index (χ4v) is 4.64. The molecule has 4 rings (SSSR count). The number of aromatic nitrogens is 1. The maximum Gasteiger partial charge on any atom is 0.328 e. The summed E-state index contributed by atoms with van der Waals surface area (Å²) in [5.41, 5.74) is 0.922. The van der Waals surface area contributed by atoms with E-state index in [2.05, 4.69) is 4.98 Å². The number of methoxy groups -OCH3 is 1. The van der Waals surface area contributed by atoms with Gasteiger partial charge in [-0.05, 0) is 31.2 Å². The lowest BCUT2D eigenvalue weighted by molar-refractivity contribution is -0.384. The molecule has 1 saturated carbocycles. The molecule has 0 spiro atoms. The van der Waals surface area contributed by atoms with Gasteiger partial charge in [-0.1, -0.05) is 12.8 Å². The van der Waals surface area contributed by atoms with Crippen LogP contribution in [-0.4, -0.2) is 45.9 Å². The van der Waals surface area contributed by atoms with Crippen molar-refractivity contribution in [1.82, 2.24) is 9.88 Å². The monoisotopic (exact) mass is 371 g/mol. The number of hydrogen-bond donors (Lipinski definition) is 1. The lowest BCUT2D eigenvalue weighted by Gasteiger charge is -2.33. The lowest BCUT2D eigenvalue weighted by Crippen LogP contribution is -2.46. The molecule has 2 aromatic rings. The van der Waals surface area contributed by atoms with Crippen LogP contribution < -0.4 is 0 Å². The van der Waals surface area contributed by atoms with E-state index in [1.54, 1.807) is 17.2 Å². The van der Waals surface area contributed by atoms with E-state index in [1.165, 1.54) is 19.2 Å². The highest BCUT2D eigenvalue weighted by molar-refractivity contribution is 6.08. The van der Waals surface area contributed by atoms with Crippen LogP contribution in [0.1, 0.15) is 42.5 Å². The Bertz CT molecular complexity index is 921. The summed E-state index contributed by atoms with van der Waals surface area (Å²) in [6.07, 6.45) is 6.27. The molecule has 0 unspecified atom stereocenters. The van der Waals surface area contributed by atoms with Gasteiger partial charge in [0.25, 0.3) is 11.6 Å². The normalized spacial score (nSPS) is 24.6. The number of nitro benzene ring substituents is 1. The van der Waals surface area contributed by atoms with Crippen molar-refractivity contribution in [3.05, 3.63) is 40.1 Å². The highest BCUT2D eigenvalue weighted by atomic mass is 16.6. The van der Waals surface area contributed by atoms with Crippen LogP contribution in [0.25, 0.3) is 10.9 Å². The number of fused-ring (bicyclic) bond motifs is 2. The number of nitrogens with zero attached hydrogens (tertiary/aromatic N) is 2. The molecule has 0 radical (unpaired) electrons. The van der Waals surface area contributed by atoms with Crippen molar-refractivity contribution in [2.45, 2.75) is 44.2 Å². The second-order valence-electron chi connectivity index (χ2n) is 7.29. The van der Waals surface area contributed by atoms with Crippen LogP contribution in [0.2, 0.25) is 0 Å². The minimum Gasteiger partial charge on any atom is -0.467 e. The molecule has 8 heteroatoms. The van der Waals surface area contributed by atoms with E-state index in [9.17, 15) is 19.7 Å². The number of H-pyrrole nitrogens is 1. The van der Waals surface area contributed by atoms with E-state index >= 15 is 0 Å². The first-order valence-electron chi connectivity index (χ1n) is 9.17. The van der Waals surface area contributed by atoms with Crippen molar-refractivity contribution in [2.75, 3.05) is 7.11 Å². The maximum atomic E-state index is 13.4. The van der Waals surface area contributed by atoms with Gasteiger partial charge in [0.1, 0.15) is 6.04 Å². The Balaban J connectivity index is 1.72. The average Bonchev–Trinajstić information content (AvgIpc) is 3.27. The van der Waals surface area contributed by atoms with Crippen LogP contribution in [-0.2, 0) is 9.53 Å². The number of amides is 1. The molecule has 1 aliphatic heterocycles. The van der Waals surface area contributed by atoms with Crippen LogP contribution in [0.5, 0.6) is 0 Å². The van der Waals surface area contributed by atoms with Gasteiger partial charge in [0.2, 0.25) is 0 Å². The summed E-state index contributed by atoms with van der Waals surface area (Å²) in [5.74, 6) is -0.286. The quantitative estimate of drug-likeness (QED) is 0.507. The Morgan fingerprint density at radius 2 is 2.07 bits per heavy atom. The molecular weight excluding hydrogens is 350 g/mol. The van der Waals surface area contributed by atoms with Gasteiger partial charge in [0, 0.05) is 29.8 Å². The highest BCUT2D eigenvalue weighted by Gasteiger charge is 2.48. The first kappa shape index (κ1) is 17.5. The third kappa shape index (κ3) is 2.85. The predicted octanol–water partition coefficient (Wildman–Crippen LogP) is 3.02. The van der Waals surface area contributed by atoms with Crippen LogP contribution >= 0.6 is 0 Å². The van der Waals surface area contributed by atoms with Crippen molar-refractivity contribution in [1.29, 1.82) is 0 Å². The number of rotatable bonds is 3. The SMILES string of the molecule is COC(=O)[C@@H]1C[C@H]2CCCC[C@@H]2N1C(=O)c1c[nH]c2cc([N+](=O)[O-])ccc12. The zero-order valence-electron chi connectivity index (χ0n) is 15.0. The van der Waals surface area contributed by atoms with Crippen molar-refractivity contribution in [3.63, 3.8) is 0 Å². The number of aromatic amines is 1. The number of non-ortho nitro benzene ring substituents is 1. The largest absolute Gasteiger partial charge is 0.467 e. The first-order valence-corrected chi connectivity index (χ1v) is 9.17. The summed E-state index contributed by atoms with van der Waals surface area (Å²) >= 11 is 0. The van der Waals surface area contributed by atoms with E-state index in [0.29, 0.717) is 28.8 Å². The highest BCUT2D eigenvalue weighted by Crippen LogP contribution is 2.41. The number of hydrogen-bond acceptors (Lipinski definition) is 5. The zero-order valence-corrected chi connectivity index (χ0v) is 15.0. The maximum absolute atomic E-state index is 13.4. The minimum absolute atomic E-state index is 0.0377. The van der Waals surface area contributed by atoms with E-state index in [0.717, 1.165) is 25.7 Å². The molecule has 1 saturated heterocycles. The summed E-state index contributed by atoms with van der Waals surface area (Å²) in [6.45, 7) is 0. The molecule has 142 valence electrons. The Labute approximate surface area is 155 Å². The molecule has 1 amide bonds.